The van der Waals surface area contributed by atoms with Gasteiger partial charge in [0.1, 0.15) is 5.82 Å². The molecule has 0 aliphatic heterocycles. The molecule has 7 heteroatoms. The molecule has 3 aromatic rings. The summed E-state index contributed by atoms with van der Waals surface area (Å²) in [7, 11) is 0. The predicted molar refractivity (Wildman–Crippen MR) is 101 cm³/mol. The van der Waals surface area contributed by atoms with Gasteiger partial charge in [-0.3, -0.25) is 4.79 Å². The van der Waals surface area contributed by atoms with E-state index in [0.717, 1.165) is 17.1 Å². The van der Waals surface area contributed by atoms with Crippen molar-refractivity contribution >= 4 is 34.8 Å². The van der Waals surface area contributed by atoms with Gasteiger partial charge in [-0.05, 0) is 56.3 Å². The van der Waals surface area contributed by atoms with Gasteiger partial charge >= 0.3 is 0 Å². The highest BCUT2D eigenvalue weighted by Crippen LogP contribution is 2.22. The van der Waals surface area contributed by atoms with Crippen LogP contribution in [0.2, 0.25) is 5.02 Å². The molecule has 0 atom stereocenters. The molecule has 3 rings (SSSR count). The lowest BCUT2D eigenvalue weighted by Crippen LogP contribution is -2.14. The number of halogens is 2. The van der Waals surface area contributed by atoms with E-state index in [0.29, 0.717) is 11.6 Å². The predicted octanol–water partition coefficient (Wildman–Crippen LogP) is 4.88. The summed E-state index contributed by atoms with van der Waals surface area (Å²) in [6.07, 6.45) is 0. The van der Waals surface area contributed by atoms with Gasteiger partial charge in [-0.2, -0.15) is 0 Å². The summed E-state index contributed by atoms with van der Waals surface area (Å²) in [5.74, 6) is -0.774. The number of aryl methyl sites for hydroxylation is 2. The van der Waals surface area contributed by atoms with Gasteiger partial charge in [0.2, 0.25) is 5.95 Å². The Morgan fingerprint density at radius 3 is 2.23 bits per heavy atom. The molecule has 132 valence electrons. The summed E-state index contributed by atoms with van der Waals surface area (Å²) in [4.78, 5) is 20.9. The molecule has 0 bridgehead atoms. The molecule has 1 heterocycles. The third kappa shape index (κ3) is 4.15. The molecule has 0 spiro atoms. The molecule has 0 radical (unpaired) electrons. The summed E-state index contributed by atoms with van der Waals surface area (Å²) < 4.78 is 13.8. The van der Waals surface area contributed by atoms with E-state index in [1.807, 2.05) is 19.9 Å². The minimum Gasteiger partial charge on any atom is -0.324 e. The molecular weight excluding hydrogens is 355 g/mol. The number of benzene rings is 2. The standard InChI is InChI=1S/C19H16ClFN4O/c1-11-10-12(2)23-19(22-11)25-14-8-6-13(7-9-14)24-18(26)17-15(20)4-3-5-16(17)21/h3-10H,1-2H3,(H,24,26)(H,22,23,25). The summed E-state index contributed by atoms with van der Waals surface area (Å²) in [5.41, 5.74) is 2.83. The lowest BCUT2D eigenvalue weighted by Gasteiger charge is -2.10. The van der Waals surface area contributed by atoms with Gasteiger partial charge in [0.05, 0.1) is 10.6 Å². The number of nitrogens with one attached hydrogen (secondary N) is 2. The maximum atomic E-state index is 13.8. The average Bonchev–Trinajstić information content (AvgIpc) is 2.55. The average molecular weight is 371 g/mol. The second-order valence-electron chi connectivity index (χ2n) is 5.73. The Hall–Kier alpha value is -2.99. The fraction of sp³-hybridized carbons (Fsp3) is 0.105. The number of nitrogens with zero attached hydrogens (tertiary/aromatic N) is 2. The number of hydrogen-bond donors (Lipinski definition) is 2. The van der Waals surface area contributed by atoms with Gasteiger partial charge in [-0.25, -0.2) is 14.4 Å². The molecular formula is C19H16ClFN4O. The van der Waals surface area contributed by atoms with Crippen molar-refractivity contribution in [2.45, 2.75) is 13.8 Å². The van der Waals surface area contributed by atoms with Crippen molar-refractivity contribution < 1.29 is 9.18 Å². The Kier molecular flexibility index (Phi) is 5.14. The van der Waals surface area contributed by atoms with Gasteiger partial charge in [0, 0.05) is 22.8 Å². The zero-order valence-electron chi connectivity index (χ0n) is 14.2. The van der Waals surface area contributed by atoms with E-state index >= 15 is 0 Å². The van der Waals surface area contributed by atoms with Crippen molar-refractivity contribution in [1.29, 1.82) is 0 Å². The Morgan fingerprint density at radius 1 is 1.00 bits per heavy atom. The van der Waals surface area contributed by atoms with E-state index in [-0.39, 0.29) is 10.6 Å². The van der Waals surface area contributed by atoms with Crippen molar-refractivity contribution in [2.75, 3.05) is 10.6 Å². The zero-order chi connectivity index (χ0) is 18.7. The van der Waals surface area contributed by atoms with Gasteiger partial charge in [0.15, 0.2) is 0 Å². The van der Waals surface area contributed by atoms with Crippen molar-refractivity contribution in [2.24, 2.45) is 0 Å². The van der Waals surface area contributed by atoms with Crippen LogP contribution in [0.5, 0.6) is 0 Å². The van der Waals surface area contributed by atoms with Crippen LogP contribution in [-0.4, -0.2) is 15.9 Å². The number of anilines is 3. The summed E-state index contributed by atoms with van der Waals surface area (Å²) >= 11 is 5.91. The van der Waals surface area contributed by atoms with Crippen LogP contribution >= 0.6 is 11.6 Å². The SMILES string of the molecule is Cc1cc(C)nc(Nc2ccc(NC(=O)c3c(F)cccc3Cl)cc2)n1. The van der Waals surface area contributed by atoms with Crippen molar-refractivity contribution in [3.05, 3.63) is 76.3 Å². The quantitative estimate of drug-likeness (QED) is 0.686. The second kappa shape index (κ2) is 7.49. The largest absolute Gasteiger partial charge is 0.324 e. The summed E-state index contributed by atoms with van der Waals surface area (Å²) in [6.45, 7) is 3.79. The second-order valence-corrected chi connectivity index (χ2v) is 6.13. The molecule has 2 N–H and O–H groups in total. The van der Waals surface area contributed by atoms with E-state index in [4.69, 9.17) is 11.6 Å². The fourth-order valence-electron chi connectivity index (χ4n) is 2.46. The fourth-order valence-corrected chi connectivity index (χ4v) is 2.70. The number of hydrogen-bond acceptors (Lipinski definition) is 4. The van der Waals surface area contributed by atoms with Crippen LogP contribution in [0, 0.1) is 19.7 Å². The first kappa shape index (κ1) is 17.8. The Morgan fingerprint density at radius 2 is 1.62 bits per heavy atom. The van der Waals surface area contributed by atoms with E-state index in [9.17, 15) is 9.18 Å². The molecule has 2 aromatic carbocycles. The Labute approximate surface area is 155 Å². The summed E-state index contributed by atoms with van der Waals surface area (Å²) in [5, 5.41) is 5.79. The third-order valence-corrected chi connectivity index (χ3v) is 3.89. The number of rotatable bonds is 4. The van der Waals surface area contributed by atoms with Crippen molar-refractivity contribution in [3.63, 3.8) is 0 Å². The molecule has 5 nitrogen and oxygen atoms in total. The van der Waals surface area contributed by atoms with Gasteiger partial charge in [-0.15, -0.1) is 0 Å². The van der Waals surface area contributed by atoms with Crippen LogP contribution in [0.25, 0.3) is 0 Å². The van der Waals surface area contributed by atoms with Crippen molar-refractivity contribution in [1.82, 2.24) is 9.97 Å². The Balaban J connectivity index is 1.72. The van der Waals surface area contributed by atoms with Crippen LogP contribution < -0.4 is 10.6 Å². The van der Waals surface area contributed by atoms with Crippen LogP contribution in [0.15, 0.2) is 48.5 Å². The first-order chi connectivity index (χ1) is 12.4. The van der Waals surface area contributed by atoms with Crippen LogP contribution in [0.1, 0.15) is 21.7 Å². The number of carbonyl (C=O) groups is 1. The number of amides is 1. The van der Waals surface area contributed by atoms with E-state index in [2.05, 4.69) is 20.6 Å². The normalized spacial score (nSPS) is 10.5. The monoisotopic (exact) mass is 370 g/mol. The first-order valence-electron chi connectivity index (χ1n) is 7.87. The topological polar surface area (TPSA) is 66.9 Å². The molecule has 0 fully saturated rings. The minimum atomic E-state index is -0.666. The number of aromatic nitrogens is 2. The van der Waals surface area contributed by atoms with E-state index < -0.39 is 11.7 Å². The highest BCUT2D eigenvalue weighted by Gasteiger charge is 2.15. The molecule has 26 heavy (non-hydrogen) atoms. The third-order valence-electron chi connectivity index (χ3n) is 3.57. The van der Waals surface area contributed by atoms with Crippen molar-refractivity contribution in [3.8, 4) is 0 Å². The van der Waals surface area contributed by atoms with Crippen LogP contribution in [0.4, 0.5) is 21.7 Å². The first-order valence-corrected chi connectivity index (χ1v) is 8.25. The molecule has 0 aliphatic carbocycles. The maximum Gasteiger partial charge on any atom is 0.260 e. The van der Waals surface area contributed by atoms with Crippen LogP contribution in [0.3, 0.4) is 0 Å². The molecule has 0 saturated carbocycles. The van der Waals surface area contributed by atoms with E-state index in [1.165, 1.54) is 18.2 Å². The smallest absolute Gasteiger partial charge is 0.260 e. The summed E-state index contributed by atoms with van der Waals surface area (Å²) in [6, 6.07) is 12.9. The molecule has 0 aliphatic rings. The molecule has 0 unspecified atom stereocenters. The van der Waals surface area contributed by atoms with Gasteiger partial charge < -0.3 is 10.6 Å². The minimum absolute atomic E-state index is 0.0627. The van der Waals surface area contributed by atoms with Gasteiger partial charge in [0.25, 0.3) is 5.91 Å². The lowest BCUT2D eigenvalue weighted by molar-refractivity contribution is 0.102. The highest BCUT2D eigenvalue weighted by molar-refractivity contribution is 6.34. The maximum absolute atomic E-state index is 13.8. The van der Waals surface area contributed by atoms with Gasteiger partial charge in [-0.1, -0.05) is 17.7 Å². The van der Waals surface area contributed by atoms with E-state index in [1.54, 1.807) is 24.3 Å². The molecule has 0 saturated heterocycles. The molecule has 1 amide bonds. The Bertz CT molecular complexity index is 920. The highest BCUT2D eigenvalue weighted by atomic mass is 35.5. The number of carbonyl (C=O) groups excluding carboxylic acids is 1. The lowest BCUT2D eigenvalue weighted by atomic mass is 10.2. The zero-order valence-corrected chi connectivity index (χ0v) is 14.9. The van der Waals surface area contributed by atoms with Crippen LogP contribution in [-0.2, 0) is 0 Å². The molecule has 1 aromatic heterocycles.